The molecule has 0 spiro atoms. The molecule has 1 aliphatic rings. The fourth-order valence-electron chi connectivity index (χ4n) is 2.05. The maximum Gasteiger partial charge on any atom is 0.0955 e. The smallest absolute Gasteiger partial charge is 0.0955 e. The van der Waals surface area contributed by atoms with Crippen LogP contribution in [0.1, 0.15) is 18.4 Å². The monoisotopic (exact) mass is 215 g/mol. The van der Waals surface area contributed by atoms with Gasteiger partial charge in [-0.1, -0.05) is 6.07 Å². The molecule has 3 heteroatoms. The summed E-state index contributed by atoms with van der Waals surface area (Å²) in [6.45, 7) is 1.09. The zero-order chi connectivity index (χ0) is 11.0. The van der Waals surface area contributed by atoms with Gasteiger partial charge in [0.2, 0.25) is 0 Å². The Balaban J connectivity index is 1.71. The predicted octanol–water partition coefficient (Wildman–Crippen LogP) is 1.87. The Morgan fingerprint density at radius 2 is 2.31 bits per heavy atom. The highest BCUT2D eigenvalue weighted by atomic mass is 15.0. The molecule has 0 bridgehead atoms. The molecule has 0 amide bonds. The highest BCUT2D eigenvalue weighted by molar-refractivity contribution is 5.75. The molecule has 1 aromatic carbocycles. The van der Waals surface area contributed by atoms with Gasteiger partial charge in [-0.05, 0) is 43.5 Å². The fourth-order valence-corrected chi connectivity index (χ4v) is 2.05. The number of nitrogens with one attached hydrogen (secondary N) is 1. The Morgan fingerprint density at radius 1 is 1.44 bits per heavy atom. The lowest BCUT2D eigenvalue weighted by molar-refractivity contribution is 0.682. The lowest BCUT2D eigenvalue weighted by Gasteiger charge is -2.03. The maximum absolute atomic E-state index is 4.38. The van der Waals surface area contributed by atoms with Crippen LogP contribution in [0.4, 0.5) is 0 Å². The van der Waals surface area contributed by atoms with Gasteiger partial charge in [-0.15, -0.1) is 0 Å². The summed E-state index contributed by atoms with van der Waals surface area (Å²) in [5.41, 5.74) is 3.68. The summed E-state index contributed by atoms with van der Waals surface area (Å²) in [7, 11) is 2.03. The zero-order valence-electron chi connectivity index (χ0n) is 9.61. The minimum absolute atomic E-state index is 0.804. The number of nitrogens with zero attached hydrogens (tertiary/aromatic N) is 2. The molecule has 0 atom stereocenters. The second kappa shape index (κ2) is 3.91. The number of hydrogen-bond donors (Lipinski definition) is 1. The standard InChI is InChI=1S/C13H17N3/c1-16-9-15-12-8-10(2-5-13(12)16)6-7-14-11-3-4-11/h2,5,8-9,11,14H,3-4,6-7H2,1H3. The van der Waals surface area contributed by atoms with E-state index in [4.69, 9.17) is 0 Å². The molecular formula is C13H17N3. The van der Waals surface area contributed by atoms with E-state index in [1.165, 1.54) is 23.9 Å². The van der Waals surface area contributed by atoms with Gasteiger partial charge in [0.15, 0.2) is 0 Å². The van der Waals surface area contributed by atoms with Gasteiger partial charge in [-0.25, -0.2) is 4.98 Å². The lowest BCUT2D eigenvalue weighted by Crippen LogP contribution is -2.19. The van der Waals surface area contributed by atoms with E-state index >= 15 is 0 Å². The summed E-state index contributed by atoms with van der Waals surface area (Å²) in [5.74, 6) is 0. The summed E-state index contributed by atoms with van der Waals surface area (Å²) < 4.78 is 2.06. The van der Waals surface area contributed by atoms with Crippen LogP contribution in [0, 0.1) is 0 Å². The average molecular weight is 215 g/mol. The van der Waals surface area contributed by atoms with Gasteiger partial charge in [0, 0.05) is 13.1 Å². The zero-order valence-corrected chi connectivity index (χ0v) is 9.61. The quantitative estimate of drug-likeness (QED) is 0.843. The van der Waals surface area contributed by atoms with E-state index < -0.39 is 0 Å². The molecule has 16 heavy (non-hydrogen) atoms. The van der Waals surface area contributed by atoms with E-state index in [1.54, 1.807) is 0 Å². The van der Waals surface area contributed by atoms with Crippen molar-refractivity contribution < 1.29 is 0 Å². The highest BCUT2D eigenvalue weighted by Crippen LogP contribution is 2.19. The van der Waals surface area contributed by atoms with E-state index in [9.17, 15) is 0 Å². The van der Waals surface area contributed by atoms with Gasteiger partial charge in [0.1, 0.15) is 0 Å². The van der Waals surface area contributed by atoms with Gasteiger partial charge in [0.05, 0.1) is 17.4 Å². The Bertz CT molecular complexity index is 497. The van der Waals surface area contributed by atoms with Crippen molar-refractivity contribution in [2.45, 2.75) is 25.3 Å². The van der Waals surface area contributed by atoms with Gasteiger partial charge in [-0.3, -0.25) is 0 Å². The molecule has 84 valence electrons. The number of aromatic nitrogens is 2. The minimum atomic E-state index is 0.804. The van der Waals surface area contributed by atoms with Crippen LogP contribution in [-0.2, 0) is 13.5 Å². The van der Waals surface area contributed by atoms with Crippen LogP contribution in [0.5, 0.6) is 0 Å². The third-order valence-electron chi connectivity index (χ3n) is 3.21. The van der Waals surface area contributed by atoms with E-state index in [0.29, 0.717) is 0 Å². The van der Waals surface area contributed by atoms with Crippen LogP contribution in [0.3, 0.4) is 0 Å². The van der Waals surface area contributed by atoms with Crippen molar-refractivity contribution in [3.63, 3.8) is 0 Å². The summed E-state index contributed by atoms with van der Waals surface area (Å²) in [4.78, 5) is 4.38. The van der Waals surface area contributed by atoms with Crippen LogP contribution in [0.2, 0.25) is 0 Å². The molecule has 3 nitrogen and oxygen atoms in total. The van der Waals surface area contributed by atoms with Gasteiger partial charge in [0.25, 0.3) is 0 Å². The van der Waals surface area contributed by atoms with Crippen LogP contribution >= 0.6 is 0 Å². The summed E-state index contributed by atoms with van der Waals surface area (Å²) in [5, 5.41) is 3.53. The first-order chi connectivity index (χ1) is 7.83. The number of fused-ring (bicyclic) bond motifs is 1. The average Bonchev–Trinajstić information content (AvgIpc) is 3.04. The number of benzene rings is 1. The molecular weight excluding hydrogens is 198 g/mol. The maximum atomic E-state index is 4.38. The third-order valence-corrected chi connectivity index (χ3v) is 3.21. The van der Waals surface area contributed by atoms with E-state index in [-0.39, 0.29) is 0 Å². The van der Waals surface area contributed by atoms with E-state index in [0.717, 1.165) is 24.5 Å². The van der Waals surface area contributed by atoms with Crippen LogP contribution in [-0.4, -0.2) is 22.1 Å². The molecule has 1 aliphatic carbocycles. The molecule has 1 N–H and O–H groups in total. The van der Waals surface area contributed by atoms with Gasteiger partial charge >= 0.3 is 0 Å². The normalized spacial score (nSPS) is 15.8. The Hall–Kier alpha value is -1.35. The first kappa shape index (κ1) is 9.85. The van der Waals surface area contributed by atoms with Crippen LogP contribution in [0.15, 0.2) is 24.5 Å². The molecule has 0 radical (unpaired) electrons. The predicted molar refractivity (Wildman–Crippen MR) is 65.4 cm³/mol. The lowest BCUT2D eigenvalue weighted by atomic mass is 10.1. The van der Waals surface area contributed by atoms with Crippen molar-refractivity contribution >= 4 is 11.0 Å². The van der Waals surface area contributed by atoms with E-state index in [2.05, 4.69) is 33.1 Å². The fraction of sp³-hybridized carbons (Fsp3) is 0.462. The molecule has 0 aliphatic heterocycles. The third kappa shape index (κ3) is 1.95. The molecule has 0 saturated heterocycles. The largest absolute Gasteiger partial charge is 0.334 e. The van der Waals surface area contributed by atoms with Gasteiger partial charge in [-0.2, -0.15) is 0 Å². The molecule has 0 unspecified atom stereocenters. The van der Waals surface area contributed by atoms with Crippen LogP contribution in [0.25, 0.3) is 11.0 Å². The Kier molecular flexibility index (Phi) is 2.40. The second-order valence-corrected chi connectivity index (χ2v) is 4.66. The molecule has 1 fully saturated rings. The number of imidazole rings is 1. The second-order valence-electron chi connectivity index (χ2n) is 4.66. The molecule has 1 aromatic heterocycles. The molecule has 3 rings (SSSR count). The van der Waals surface area contributed by atoms with Crippen molar-refractivity contribution in [2.24, 2.45) is 7.05 Å². The molecule has 1 heterocycles. The molecule has 2 aromatic rings. The Labute approximate surface area is 95.5 Å². The summed E-state index contributed by atoms with van der Waals surface area (Å²) >= 11 is 0. The summed E-state index contributed by atoms with van der Waals surface area (Å²) in [6.07, 6.45) is 5.69. The van der Waals surface area contributed by atoms with Crippen molar-refractivity contribution in [3.8, 4) is 0 Å². The van der Waals surface area contributed by atoms with Crippen molar-refractivity contribution in [1.29, 1.82) is 0 Å². The first-order valence-electron chi connectivity index (χ1n) is 5.96. The summed E-state index contributed by atoms with van der Waals surface area (Å²) in [6, 6.07) is 7.37. The van der Waals surface area contributed by atoms with Crippen LogP contribution < -0.4 is 5.32 Å². The van der Waals surface area contributed by atoms with Crippen molar-refractivity contribution in [3.05, 3.63) is 30.1 Å². The Morgan fingerprint density at radius 3 is 3.12 bits per heavy atom. The van der Waals surface area contributed by atoms with Gasteiger partial charge < -0.3 is 9.88 Å². The number of hydrogen-bond acceptors (Lipinski definition) is 2. The van der Waals surface area contributed by atoms with Crippen molar-refractivity contribution in [1.82, 2.24) is 14.9 Å². The highest BCUT2D eigenvalue weighted by Gasteiger charge is 2.19. The SMILES string of the molecule is Cn1cnc2cc(CCNC3CC3)ccc21. The minimum Gasteiger partial charge on any atom is -0.334 e. The van der Waals surface area contributed by atoms with E-state index in [1.807, 2.05) is 13.4 Å². The number of rotatable bonds is 4. The molecule has 1 saturated carbocycles. The first-order valence-corrected chi connectivity index (χ1v) is 5.96. The topological polar surface area (TPSA) is 29.9 Å². The number of aryl methyl sites for hydroxylation is 1. The van der Waals surface area contributed by atoms with Crippen molar-refractivity contribution in [2.75, 3.05) is 6.54 Å².